The summed E-state index contributed by atoms with van der Waals surface area (Å²) in [4.78, 5) is 11.2. The van der Waals surface area contributed by atoms with Gasteiger partial charge >= 0.3 is 5.97 Å². The third kappa shape index (κ3) is 2.03. The number of rotatable bonds is 4. The van der Waals surface area contributed by atoms with Crippen LogP contribution in [0.5, 0.6) is 0 Å². The SMILES string of the molecule is CC(C)Cc1[nH]nc(C2CC2)c1C(=O)O. The van der Waals surface area contributed by atoms with Crippen LogP contribution in [-0.2, 0) is 6.42 Å². The van der Waals surface area contributed by atoms with Gasteiger partial charge in [-0.15, -0.1) is 0 Å². The molecule has 0 bridgehead atoms. The lowest BCUT2D eigenvalue weighted by Crippen LogP contribution is -2.05. The summed E-state index contributed by atoms with van der Waals surface area (Å²) in [5.41, 5.74) is 1.96. The second kappa shape index (κ2) is 3.68. The van der Waals surface area contributed by atoms with Gasteiger partial charge < -0.3 is 5.11 Å². The van der Waals surface area contributed by atoms with E-state index in [1.807, 2.05) is 0 Å². The largest absolute Gasteiger partial charge is 0.478 e. The molecule has 0 amide bonds. The Morgan fingerprint density at radius 2 is 2.27 bits per heavy atom. The predicted octanol–water partition coefficient (Wildman–Crippen LogP) is 2.18. The molecule has 2 rings (SSSR count). The Kier molecular flexibility index (Phi) is 2.50. The Balaban J connectivity index is 2.33. The monoisotopic (exact) mass is 208 g/mol. The molecule has 4 nitrogen and oxygen atoms in total. The van der Waals surface area contributed by atoms with Gasteiger partial charge in [0.1, 0.15) is 5.56 Å². The highest BCUT2D eigenvalue weighted by Crippen LogP contribution is 2.41. The van der Waals surface area contributed by atoms with E-state index in [-0.39, 0.29) is 0 Å². The quantitative estimate of drug-likeness (QED) is 0.797. The fraction of sp³-hybridized carbons (Fsp3) is 0.636. The molecule has 1 aromatic rings. The first kappa shape index (κ1) is 10.2. The molecule has 1 heterocycles. The van der Waals surface area contributed by atoms with Crippen LogP contribution >= 0.6 is 0 Å². The molecular formula is C11H16N2O2. The van der Waals surface area contributed by atoms with E-state index in [0.29, 0.717) is 17.4 Å². The molecule has 82 valence electrons. The van der Waals surface area contributed by atoms with Gasteiger partial charge in [-0.05, 0) is 25.2 Å². The van der Waals surface area contributed by atoms with Crippen LogP contribution in [0, 0.1) is 5.92 Å². The summed E-state index contributed by atoms with van der Waals surface area (Å²) < 4.78 is 0. The second-order valence-electron chi connectivity index (χ2n) is 4.64. The van der Waals surface area contributed by atoms with Crippen LogP contribution in [0.4, 0.5) is 0 Å². The van der Waals surface area contributed by atoms with Crippen LogP contribution in [0.1, 0.15) is 54.4 Å². The fourth-order valence-electron chi connectivity index (χ4n) is 1.84. The maximum atomic E-state index is 11.2. The zero-order valence-corrected chi connectivity index (χ0v) is 9.08. The lowest BCUT2D eigenvalue weighted by atomic mass is 10.0. The number of hydrogen-bond donors (Lipinski definition) is 2. The molecule has 0 atom stereocenters. The number of carboxylic acids is 1. The normalized spacial score (nSPS) is 15.9. The van der Waals surface area contributed by atoms with Gasteiger partial charge in [0.25, 0.3) is 0 Å². The van der Waals surface area contributed by atoms with Gasteiger partial charge in [-0.1, -0.05) is 13.8 Å². The molecule has 0 unspecified atom stereocenters. The van der Waals surface area contributed by atoms with E-state index in [2.05, 4.69) is 24.0 Å². The van der Waals surface area contributed by atoms with E-state index in [1.165, 1.54) is 0 Å². The molecule has 0 saturated heterocycles. The first-order chi connectivity index (χ1) is 7.09. The van der Waals surface area contributed by atoms with Crippen molar-refractivity contribution in [3.8, 4) is 0 Å². The summed E-state index contributed by atoms with van der Waals surface area (Å²) in [6.07, 6.45) is 2.90. The van der Waals surface area contributed by atoms with E-state index >= 15 is 0 Å². The topological polar surface area (TPSA) is 66.0 Å². The molecule has 0 aromatic carbocycles. The van der Waals surface area contributed by atoms with E-state index in [9.17, 15) is 4.79 Å². The Morgan fingerprint density at radius 3 is 2.73 bits per heavy atom. The minimum Gasteiger partial charge on any atom is -0.478 e. The number of H-pyrrole nitrogens is 1. The zero-order chi connectivity index (χ0) is 11.0. The molecule has 0 aliphatic heterocycles. The van der Waals surface area contributed by atoms with Crippen molar-refractivity contribution in [1.29, 1.82) is 0 Å². The summed E-state index contributed by atoms with van der Waals surface area (Å²) in [6, 6.07) is 0. The lowest BCUT2D eigenvalue weighted by molar-refractivity contribution is 0.0694. The van der Waals surface area contributed by atoms with Crippen molar-refractivity contribution in [1.82, 2.24) is 10.2 Å². The molecule has 1 aromatic heterocycles. The van der Waals surface area contributed by atoms with Gasteiger partial charge in [0.05, 0.1) is 11.4 Å². The molecule has 4 heteroatoms. The van der Waals surface area contributed by atoms with Crippen LogP contribution in [0.2, 0.25) is 0 Å². The molecule has 1 saturated carbocycles. The van der Waals surface area contributed by atoms with Crippen LogP contribution in [0.25, 0.3) is 0 Å². The summed E-state index contributed by atoms with van der Waals surface area (Å²) >= 11 is 0. The highest BCUT2D eigenvalue weighted by Gasteiger charge is 2.32. The molecule has 2 N–H and O–H groups in total. The molecule has 0 radical (unpaired) electrons. The van der Waals surface area contributed by atoms with E-state index in [1.54, 1.807) is 0 Å². The first-order valence-corrected chi connectivity index (χ1v) is 5.40. The van der Waals surface area contributed by atoms with E-state index in [4.69, 9.17) is 5.11 Å². The summed E-state index contributed by atoms with van der Waals surface area (Å²) in [5, 5.41) is 16.2. The predicted molar refractivity (Wildman–Crippen MR) is 56.1 cm³/mol. The fourth-order valence-corrected chi connectivity index (χ4v) is 1.84. The number of nitrogens with one attached hydrogen (secondary N) is 1. The molecule has 1 fully saturated rings. The van der Waals surface area contributed by atoms with Crippen molar-refractivity contribution in [2.75, 3.05) is 0 Å². The number of aromatic amines is 1. The standard InChI is InChI=1S/C11H16N2O2/c1-6(2)5-8-9(11(14)15)10(13-12-8)7-3-4-7/h6-7H,3-5H2,1-2H3,(H,12,13)(H,14,15). The summed E-state index contributed by atoms with van der Waals surface area (Å²) in [5.74, 6) is -0.0230. The Morgan fingerprint density at radius 1 is 1.60 bits per heavy atom. The minimum absolute atomic E-state index is 0.383. The molecule has 1 aliphatic rings. The van der Waals surface area contributed by atoms with Gasteiger partial charge in [-0.25, -0.2) is 4.79 Å². The minimum atomic E-state index is -0.846. The second-order valence-corrected chi connectivity index (χ2v) is 4.64. The number of nitrogens with zero attached hydrogens (tertiary/aromatic N) is 1. The van der Waals surface area contributed by atoms with E-state index in [0.717, 1.165) is 30.7 Å². The maximum absolute atomic E-state index is 11.2. The Labute approximate surface area is 88.7 Å². The third-order valence-electron chi connectivity index (χ3n) is 2.66. The van der Waals surface area contributed by atoms with Gasteiger partial charge in [0.2, 0.25) is 0 Å². The molecular weight excluding hydrogens is 192 g/mol. The van der Waals surface area contributed by atoms with Crippen LogP contribution in [0.3, 0.4) is 0 Å². The van der Waals surface area contributed by atoms with Gasteiger partial charge in [-0.2, -0.15) is 5.10 Å². The van der Waals surface area contributed by atoms with Crippen molar-refractivity contribution in [3.63, 3.8) is 0 Å². The summed E-state index contributed by atoms with van der Waals surface area (Å²) in [7, 11) is 0. The van der Waals surface area contributed by atoms with Crippen molar-refractivity contribution in [2.45, 2.75) is 39.0 Å². The molecule has 15 heavy (non-hydrogen) atoms. The van der Waals surface area contributed by atoms with Gasteiger partial charge in [0.15, 0.2) is 0 Å². The Bertz CT molecular complexity index is 378. The summed E-state index contributed by atoms with van der Waals surface area (Å²) in [6.45, 7) is 4.15. The van der Waals surface area contributed by atoms with Crippen LogP contribution in [0.15, 0.2) is 0 Å². The third-order valence-corrected chi connectivity index (χ3v) is 2.66. The number of carboxylic acid groups (broad SMARTS) is 1. The van der Waals surface area contributed by atoms with Crippen molar-refractivity contribution in [3.05, 3.63) is 17.0 Å². The van der Waals surface area contributed by atoms with E-state index < -0.39 is 5.97 Å². The highest BCUT2D eigenvalue weighted by molar-refractivity contribution is 5.90. The van der Waals surface area contributed by atoms with Gasteiger partial charge in [0, 0.05) is 5.92 Å². The smallest absolute Gasteiger partial charge is 0.339 e. The number of carbonyl (C=O) groups is 1. The van der Waals surface area contributed by atoms with Crippen LogP contribution < -0.4 is 0 Å². The van der Waals surface area contributed by atoms with Gasteiger partial charge in [-0.3, -0.25) is 5.10 Å². The average molecular weight is 208 g/mol. The molecule has 0 spiro atoms. The number of aromatic carboxylic acids is 1. The number of hydrogen-bond acceptors (Lipinski definition) is 2. The maximum Gasteiger partial charge on any atom is 0.339 e. The number of aromatic nitrogens is 2. The lowest BCUT2D eigenvalue weighted by Gasteiger charge is -2.03. The van der Waals surface area contributed by atoms with Crippen molar-refractivity contribution >= 4 is 5.97 Å². The zero-order valence-electron chi connectivity index (χ0n) is 9.08. The highest BCUT2D eigenvalue weighted by atomic mass is 16.4. The Hall–Kier alpha value is -1.32. The molecule has 1 aliphatic carbocycles. The average Bonchev–Trinajstić information content (AvgIpc) is 2.87. The van der Waals surface area contributed by atoms with Crippen molar-refractivity contribution in [2.24, 2.45) is 5.92 Å². The van der Waals surface area contributed by atoms with Crippen molar-refractivity contribution < 1.29 is 9.90 Å². The van der Waals surface area contributed by atoms with Crippen LogP contribution in [-0.4, -0.2) is 21.3 Å². The first-order valence-electron chi connectivity index (χ1n) is 5.40.